The van der Waals surface area contributed by atoms with Crippen molar-refractivity contribution in [3.8, 4) is 11.3 Å². The van der Waals surface area contributed by atoms with Gasteiger partial charge >= 0.3 is 0 Å². The molecule has 3 aromatic carbocycles. The van der Waals surface area contributed by atoms with Gasteiger partial charge < -0.3 is 14.6 Å². The monoisotopic (exact) mass is 595 g/mol. The van der Waals surface area contributed by atoms with Gasteiger partial charge in [0.05, 0.1) is 27.1 Å². The minimum absolute atomic E-state index is 0.0428. The highest BCUT2D eigenvalue weighted by molar-refractivity contribution is 7.99. The van der Waals surface area contributed by atoms with E-state index < -0.39 is 15.9 Å². The number of nitro groups is 2. The van der Waals surface area contributed by atoms with E-state index in [-0.39, 0.29) is 17.4 Å². The molecule has 0 spiro atoms. The van der Waals surface area contributed by atoms with Crippen LogP contribution in [0, 0.1) is 20.2 Å². The van der Waals surface area contributed by atoms with Crippen LogP contribution in [0.25, 0.3) is 11.3 Å². The van der Waals surface area contributed by atoms with Gasteiger partial charge in [-0.3, -0.25) is 25.2 Å². The summed E-state index contributed by atoms with van der Waals surface area (Å²) in [6, 6.07) is 29.1. The van der Waals surface area contributed by atoms with Crippen LogP contribution in [-0.2, 0) is 0 Å². The van der Waals surface area contributed by atoms with Gasteiger partial charge in [-0.2, -0.15) is 0 Å². The van der Waals surface area contributed by atoms with Gasteiger partial charge in [0.15, 0.2) is 5.11 Å². The zero-order valence-corrected chi connectivity index (χ0v) is 23.3. The smallest absolute Gasteiger partial charge is 0.280 e. The van der Waals surface area contributed by atoms with Crippen molar-refractivity contribution < 1.29 is 14.3 Å². The largest absolute Gasteiger partial charge is 0.459 e. The first-order valence-electron chi connectivity index (χ1n) is 12.8. The Balaban J connectivity index is 1.34. The van der Waals surface area contributed by atoms with Crippen LogP contribution in [0.4, 0.5) is 17.1 Å². The lowest BCUT2D eigenvalue weighted by Gasteiger charge is -2.26. The molecule has 2 aromatic heterocycles. The van der Waals surface area contributed by atoms with Gasteiger partial charge in [0.2, 0.25) is 0 Å². The second-order valence-corrected chi connectivity index (χ2v) is 10.9. The number of rotatable bonds is 8. The Morgan fingerprint density at radius 2 is 1.52 bits per heavy atom. The number of non-ortho nitro benzene ring substituents is 1. The molecule has 1 N–H and O–H groups in total. The quantitative estimate of drug-likeness (QED) is 0.109. The van der Waals surface area contributed by atoms with Gasteiger partial charge in [-0.05, 0) is 78.9 Å². The van der Waals surface area contributed by atoms with Gasteiger partial charge in [0.1, 0.15) is 17.6 Å². The van der Waals surface area contributed by atoms with Gasteiger partial charge in [-0.1, -0.05) is 30.0 Å². The van der Waals surface area contributed by atoms with Crippen molar-refractivity contribution in [1.82, 2.24) is 10.3 Å². The molecule has 3 heterocycles. The molecule has 208 valence electrons. The van der Waals surface area contributed by atoms with E-state index in [0.29, 0.717) is 22.2 Å². The van der Waals surface area contributed by atoms with Gasteiger partial charge in [0, 0.05) is 39.9 Å². The number of furan rings is 1. The summed E-state index contributed by atoms with van der Waals surface area (Å²) in [5.41, 5.74) is 1.96. The van der Waals surface area contributed by atoms with E-state index in [1.807, 2.05) is 53.4 Å². The minimum atomic E-state index is -0.433. The van der Waals surface area contributed by atoms with E-state index in [9.17, 15) is 20.2 Å². The van der Waals surface area contributed by atoms with Crippen molar-refractivity contribution in [3.63, 3.8) is 0 Å². The second kappa shape index (κ2) is 11.4. The van der Waals surface area contributed by atoms with Crippen molar-refractivity contribution in [2.45, 2.75) is 21.9 Å². The summed E-state index contributed by atoms with van der Waals surface area (Å²) in [4.78, 5) is 30.1. The molecular weight excluding hydrogens is 574 g/mol. The number of thiocarbonyl (C=S) groups is 1. The third-order valence-electron chi connectivity index (χ3n) is 6.78. The highest BCUT2D eigenvalue weighted by atomic mass is 32.2. The van der Waals surface area contributed by atoms with E-state index in [2.05, 4.69) is 10.3 Å². The summed E-state index contributed by atoms with van der Waals surface area (Å²) in [5, 5.41) is 26.5. The number of para-hydroxylation sites is 1. The number of nitro benzene ring substituents is 2. The molecule has 1 fully saturated rings. The van der Waals surface area contributed by atoms with Crippen molar-refractivity contribution in [2.75, 3.05) is 4.90 Å². The van der Waals surface area contributed by atoms with Crippen LogP contribution >= 0.6 is 24.0 Å². The summed E-state index contributed by atoms with van der Waals surface area (Å²) in [6.07, 6.45) is 1.71. The molecule has 0 radical (unpaired) electrons. The highest BCUT2D eigenvalue weighted by Crippen LogP contribution is 2.44. The summed E-state index contributed by atoms with van der Waals surface area (Å²) < 4.78 is 6.30. The van der Waals surface area contributed by atoms with Crippen molar-refractivity contribution in [1.29, 1.82) is 0 Å². The van der Waals surface area contributed by atoms with Gasteiger partial charge in [-0.15, -0.1) is 0 Å². The third-order valence-corrected chi connectivity index (χ3v) is 8.11. The molecule has 12 heteroatoms. The van der Waals surface area contributed by atoms with Crippen molar-refractivity contribution >= 4 is 46.2 Å². The van der Waals surface area contributed by atoms with E-state index in [1.165, 1.54) is 30.0 Å². The van der Waals surface area contributed by atoms with Crippen LogP contribution in [-0.4, -0.2) is 19.9 Å². The molecule has 2 atom stereocenters. The number of hydrogen-bond donors (Lipinski definition) is 1. The zero-order valence-electron chi connectivity index (χ0n) is 21.7. The number of nitrogens with one attached hydrogen (secondary N) is 1. The molecule has 42 heavy (non-hydrogen) atoms. The van der Waals surface area contributed by atoms with Crippen molar-refractivity contribution in [2.24, 2.45) is 0 Å². The molecule has 5 aromatic rings. The number of benzene rings is 3. The fraction of sp³-hybridized carbons (Fsp3) is 0.0667. The summed E-state index contributed by atoms with van der Waals surface area (Å²) in [5.74, 6) is 0.945. The topological polar surface area (TPSA) is 128 Å². The van der Waals surface area contributed by atoms with E-state index in [0.717, 1.165) is 21.2 Å². The molecule has 0 unspecified atom stereocenters. The zero-order chi connectivity index (χ0) is 29.2. The van der Waals surface area contributed by atoms with E-state index >= 15 is 0 Å². The third kappa shape index (κ3) is 5.32. The van der Waals surface area contributed by atoms with Gasteiger partial charge in [0.25, 0.3) is 11.4 Å². The van der Waals surface area contributed by atoms with E-state index in [1.54, 1.807) is 42.6 Å². The fourth-order valence-electron chi connectivity index (χ4n) is 4.87. The molecule has 0 amide bonds. The maximum absolute atomic E-state index is 11.7. The Morgan fingerprint density at radius 1 is 0.833 bits per heavy atom. The molecule has 1 saturated heterocycles. The van der Waals surface area contributed by atoms with Gasteiger partial charge in [-0.25, -0.2) is 0 Å². The standard InChI is InChI=1S/C30H21N5O5S2/c36-34(37)20-10-14-22(15-11-20)42-21-12-8-19(9-13-21)33-29(28(32-30(33)41)24-6-3-4-18-31-24)27-17-16-26(40-27)23-5-1-2-7-25(23)35(38)39/h1-18,28-29H,(H,32,41)/t28-,29+/m1/s1. The van der Waals surface area contributed by atoms with Crippen LogP contribution in [0.1, 0.15) is 23.5 Å². The normalized spacial score (nSPS) is 16.3. The first kappa shape index (κ1) is 27.1. The molecular formula is C30H21N5O5S2. The lowest BCUT2D eigenvalue weighted by atomic mass is 10.0. The minimum Gasteiger partial charge on any atom is -0.459 e. The number of aromatic nitrogens is 1. The number of anilines is 1. The lowest BCUT2D eigenvalue weighted by Crippen LogP contribution is -2.29. The van der Waals surface area contributed by atoms with Crippen molar-refractivity contribution in [3.05, 3.63) is 141 Å². The van der Waals surface area contributed by atoms with Crippen LogP contribution in [0.15, 0.2) is 124 Å². The highest BCUT2D eigenvalue weighted by Gasteiger charge is 2.42. The summed E-state index contributed by atoms with van der Waals surface area (Å²) in [7, 11) is 0. The SMILES string of the molecule is O=[N+]([O-])c1ccc(Sc2ccc(N3C(=S)N[C@H](c4ccccn4)[C@@H]3c3ccc(-c4ccccc4[N+](=O)[O-])o3)cc2)cc1. The maximum atomic E-state index is 11.7. The average Bonchev–Trinajstić information content (AvgIpc) is 3.63. The summed E-state index contributed by atoms with van der Waals surface area (Å²) in [6.45, 7) is 0. The first-order valence-corrected chi connectivity index (χ1v) is 14.0. The summed E-state index contributed by atoms with van der Waals surface area (Å²) >= 11 is 7.28. The van der Waals surface area contributed by atoms with Crippen LogP contribution in [0.5, 0.6) is 0 Å². The molecule has 0 aliphatic carbocycles. The fourth-order valence-corrected chi connectivity index (χ4v) is 6.03. The number of nitrogens with zero attached hydrogens (tertiary/aromatic N) is 4. The molecule has 0 bridgehead atoms. The predicted molar refractivity (Wildman–Crippen MR) is 162 cm³/mol. The Hall–Kier alpha value is -5.07. The maximum Gasteiger partial charge on any atom is 0.280 e. The molecule has 1 aliphatic heterocycles. The molecule has 0 saturated carbocycles. The lowest BCUT2D eigenvalue weighted by molar-refractivity contribution is -0.384. The number of pyridine rings is 1. The Kier molecular flexibility index (Phi) is 7.38. The Bertz CT molecular complexity index is 1780. The van der Waals surface area contributed by atoms with E-state index in [4.69, 9.17) is 16.6 Å². The Labute approximate surface area is 249 Å². The van der Waals surface area contributed by atoms with Crippen LogP contribution in [0.2, 0.25) is 0 Å². The van der Waals surface area contributed by atoms with Crippen LogP contribution < -0.4 is 10.2 Å². The Morgan fingerprint density at radius 3 is 2.19 bits per heavy atom. The predicted octanol–water partition coefficient (Wildman–Crippen LogP) is 7.49. The molecule has 1 aliphatic rings. The van der Waals surface area contributed by atoms with Crippen LogP contribution in [0.3, 0.4) is 0 Å². The average molecular weight is 596 g/mol. The first-order chi connectivity index (χ1) is 20.4. The molecule has 10 nitrogen and oxygen atoms in total. The second-order valence-electron chi connectivity index (χ2n) is 9.32. The molecule has 6 rings (SSSR count). The number of hydrogen-bond acceptors (Lipinski definition) is 8.